The predicted octanol–water partition coefficient (Wildman–Crippen LogP) is -1.46. The summed E-state index contributed by atoms with van der Waals surface area (Å²) in [5.41, 5.74) is 0. The summed E-state index contributed by atoms with van der Waals surface area (Å²) in [7, 11) is 0. The van der Waals surface area contributed by atoms with E-state index in [-0.39, 0.29) is 45.1 Å². The average molecular weight is 259 g/mol. The van der Waals surface area contributed by atoms with E-state index < -0.39 is 0 Å². The molecule has 1 aromatic rings. The number of aromatic nitrogens is 3. The van der Waals surface area contributed by atoms with Gasteiger partial charge in [-0.05, 0) is 6.42 Å². The van der Waals surface area contributed by atoms with E-state index >= 15 is 0 Å². The van der Waals surface area contributed by atoms with Crippen molar-refractivity contribution >= 4 is 0 Å². The summed E-state index contributed by atoms with van der Waals surface area (Å²) >= 11 is 0. The molecule has 8 heteroatoms. The second-order valence-corrected chi connectivity index (χ2v) is 3.29. The van der Waals surface area contributed by atoms with Crippen LogP contribution in [0.4, 0.5) is 0 Å². The summed E-state index contributed by atoms with van der Waals surface area (Å²) < 4.78 is 10.2. The SMILES string of the molecule is OCCCc1nc(OCCO)nc(OCCO)n1. The molecule has 3 N–H and O–H groups in total. The Morgan fingerprint density at radius 1 is 0.778 bits per heavy atom. The lowest BCUT2D eigenvalue weighted by atomic mass is 10.3. The highest BCUT2D eigenvalue weighted by Gasteiger charge is 2.08. The molecular weight excluding hydrogens is 242 g/mol. The topological polar surface area (TPSA) is 118 Å². The molecule has 18 heavy (non-hydrogen) atoms. The van der Waals surface area contributed by atoms with Gasteiger partial charge in [0, 0.05) is 13.0 Å². The molecule has 0 saturated carbocycles. The molecule has 0 bridgehead atoms. The van der Waals surface area contributed by atoms with Crippen LogP contribution in [0.5, 0.6) is 12.0 Å². The quantitative estimate of drug-likeness (QED) is 0.492. The molecule has 8 nitrogen and oxygen atoms in total. The first-order valence-electron chi connectivity index (χ1n) is 5.63. The fourth-order valence-electron chi connectivity index (χ4n) is 1.13. The summed E-state index contributed by atoms with van der Waals surface area (Å²) in [6.45, 7) is -0.119. The standard InChI is InChI=1S/C10H17N3O5/c14-3-1-2-8-11-9(17-6-4-15)13-10(12-8)18-7-5-16/h14-16H,1-7H2. The van der Waals surface area contributed by atoms with E-state index in [9.17, 15) is 0 Å². The first-order valence-corrected chi connectivity index (χ1v) is 5.63. The third-order valence-electron chi connectivity index (χ3n) is 1.84. The maximum atomic E-state index is 8.75. The molecule has 0 spiro atoms. The summed E-state index contributed by atoms with van der Waals surface area (Å²) in [4.78, 5) is 11.9. The van der Waals surface area contributed by atoms with Gasteiger partial charge in [-0.25, -0.2) is 0 Å². The zero-order chi connectivity index (χ0) is 13.2. The van der Waals surface area contributed by atoms with Crippen LogP contribution in [-0.4, -0.2) is 63.3 Å². The Bertz CT molecular complexity index is 286. The Kier molecular flexibility index (Phi) is 6.92. The van der Waals surface area contributed by atoms with E-state index in [4.69, 9.17) is 24.8 Å². The van der Waals surface area contributed by atoms with Crippen LogP contribution in [0.15, 0.2) is 0 Å². The fraction of sp³-hybridized carbons (Fsp3) is 0.700. The lowest BCUT2D eigenvalue weighted by molar-refractivity contribution is 0.176. The first-order chi connectivity index (χ1) is 8.80. The third kappa shape index (κ3) is 5.21. The Labute approximate surface area is 104 Å². The zero-order valence-electron chi connectivity index (χ0n) is 9.95. The van der Waals surface area contributed by atoms with Crippen LogP contribution < -0.4 is 9.47 Å². The van der Waals surface area contributed by atoms with Crippen molar-refractivity contribution in [1.29, 1.82) is 0 Å². The molecule has 0 aliphatic rings. The number of aryl methyl sites for hydroxylation is 1. The van der Waals surface area contributed by atoms with Crippen LogP contribution in [0.2, 0.25) is 0 Å². The molecule has 0 aliphatic heterocycles. The van der Waals surface area contributed by atoms with Crippen molar-refractivity contribution in [3.05, 3.63) is 5.82 Å². The first kappa shape index (κ1) is 14.6. The maximum Gasteiger partial charge on any atom is 0.322 e. The minimum absolute atomic E-state index is 0.0331. The fourth-order valence-corrected chi connectivity index (χ4v) is 1.13. The summed E-state index contributed by atoms with van der Waals surface area (Å²) in [6, 6.07) is 0.111. The highest BCUT2D eigenvalue weighted by atomic mass is 16.5. The van der Waals surface area contributed by atoms with Crippen molar-refractivity contribution in [2.24, 2.45) is 0 Å². The molecule has 0 amide bonds. The van der Waals surface area contributed by atoms with Gasteiger partial charge in [-0.1, -0.05) is 0 Å². The molecule has 0 atom stereocenters. The highest BCUT2D eigenvalue weighted by Crippen LogP contribution is 2.10. The average Bonchev–Trinajstić information content (AvgIpc) is 2.40. The smallest absolute Gasteiger partial charge is 0.322 e. The van der Waals surface area contributed by atoms with Crippen molar-refractivity contribution in [3.8, 4) is 12.0 Å². The number of hydrogen-bond acceptors (Lipinski definition) is 8. The number of nitrogens with zero attached hydrogens (tertiary/aromatic N) is 3. The van der Waals surface area contributed by atoms with E-state index in [0.717, 1.165) is 0 Å². The van der Waals surface area contributed by atoms with Gasteiger partial charge in [-0.15, -0.1) is 4.98 Å². The molecule has 0 aliphatic carbocycles. The monoisotopic (exact) mass is 259 g/mol. The van der Waals surface area contributed by atoms with Crippen LogP contribution in [-0.2, 0) is 6.42 Å². The molecular formula is C10H17N3O5. The normalized spacial score (nSPS) is 10.4. The van der Waals surface area contributed by atoms with Crippen molar-refractivity contribution in [2.75, 3.05) is 33.0 Å². The Morgan fingerprint density at radius 3 is 1.78 bits per heavy atom. The Morgan fingerprint density at radius 2 is 1.33 bits per heavy atom. The Balaban J connectivity index is 2.74. The van der Waals surface area contributed by atoms with Gasteiger partial charge in [0.15, 0.2) is 0 Å². The summed E-state index contributed by atoms with van der Waals surface area (Å²) in [5, 5.41) is 26.1. The number of hydrogen-bond donors (Lipinski definition) is 3. The van der Waals surface area contributed by atoms with Crippen molar-refractivity contribution in [2.45, 2.75) is 12.8 Å². The van der Waals surface area contributed by atoms with Gasteiger partial charge in [0.1, 0.15) is 19.0 Å². The van der Waals surface area contributed by atoms with Gasteiger partial charge in [0.2, 0.25) is 0 Å². The minimum Gasteiger partial charge on any atom is -0.461 e. The number of rotatable bonds is 9. The Hall–Kier alpha value is -1.51. The van der Waals surface area contributed by atoms with Gasteiger partial charge < -0.3 is 24.8 Å². The van der Waals surface area contributed by atoms with Crippen LogP contribution in [0.25, 0.3) is 0 Å². The van der Waals surface area contributed by atoms with Gasteiger partial charge in [0.25, 0.3) is 0 Å². The lowest BCUT2D eigenvalue weighted by Gasteiger charge is -2.07. The van der Waals surface area contributed by atoms with Crippen LogP contribution in [0.1, 0.15) is 12.2 Å². The predicted molar refractivity (Wildman–Crippen MR) is 60.4 cm³/mol. The number of aliphatic hydroxyl groups is 3. The molecule has 0 aromatic carbocycles. The number of ether oxygens (including phenoxy) is 2. The van der Waals surface area contributed by atoms with Crippen molar-refractivity contribution in [3.63, 3.8) is 0 Å². The van der Waals surface area contributed by atoms with Gasteiger partial charge in [-0.3, -0.25) is 0 Å². The molecule has 102 valence electrons. The molecule has 1 aromatic heterocycles. The largest absolute Gasteiger partial charge is 0.461 e. The number of aliphatic hydroxyl groups excluding tert-OH is 3. The summed E-state index contributed by atoms with van der Waals surface area (Å²) in [6.07, 6.45) is 0.979. The van der Waals surface area contributed by atoms with E-state index in [2.05, 4.69) is 15.0 Å². The van der Waals surface area contributed by atoms with E-state index in [1.807, 2.05) is 0 Å². The molecule has 0 unspecified atom stereocenters. The molecule has 0 saturated heterocycles. The molecule has 0 radical (unpaired) electrons. The van der Waals surface area contributed by atoms with Crippen molar-refractivity contribution < 1.29 is 24.8 Å². The molecule has 0 fully saturated rings. The third-order valence-corrected chi connectivity index (χ3v) is 1.84. The van der Waals surface area contributed by atoms with Crippen LogP contribution >= 0.6 is 0 Å². The van der Waals surface area contributed by atoms with Gasteiger partial charge in [-0.2, -0.15) is 9.97 Å². The zero-order valence-corrected chi connectivity index (χ0v) is 9.95. The minimum atomic E-state index is -0.148. The van der Waals surface area contributed by atoms with E-state index in [0.29, 0.717) is 18.7 Å². The van der Waals surface area contributed by atoms with Crippen molar-refractivity contribution in [1.82, 2.24) is 15.0 Å². The van der Waals surface area contributed by atoms with Crippen LogP contribution in [0, 0.1) is 0 Å². The van der Waals surface area contributed by atoms with Gasteiger partial charge in [0.05, 0.1) is 13.2 Å². The second kappa shape index (κ2) is 8.56. The summed E-state index contributed by atoms with van der Waals surface area (Å²) in [5.74, 6) is 0.430. The lowest BCUT2D eigenvalue weighted by Crippen LogP contribution is -2.11. The maximum absolute atomic E-state index is 8.75. The van der Waals surface area contributed by atoms with E-state index in [1.165, 1.54) is 0 Å². The van der Waals surface area contributed by atoms with Crippen LogP contribution in [0.3, 0.4) is 0 Å². The van der Waals surface area contributed by atoms with E-state index in [1.54, 1.807) is 0 Å². The van der Waals surface area contributed by atoms with Gasteiger partial charge >= 0.3 is 12.0 Å². The molecule has 1 heterocycles. The second-order valence-electron chi connectivity index (χ2n) is 3.29. The highest BCUT2D eigenvalue weighted by molar-refractivity contribution is 5.05. The molecule has 1 rings (SSSR count).